The molecule has 2 heterocycles. The van der Waals surface area contributed by atoms with Gasteiger partial charge in [0.05, 0.1) is 23.5 Å². The van der Waals surface area contributed by atoms with E-state index in [9.17, 15) is 9.59 Å². The predicted octanol–water partition coefficient (Wildman–Crippen LogP) is 3.93. The number of rotatable bonds is 3. The molecule has 28 heavy (non-hydrogen) atoms. The summed E-state index contributed by atoms with van der Waals surface area (Å²) in [7, 11) is 0. The van der Waals surface area contributed by atoms with Gasteiger partial charge >= 0.3 is 0 Å². The topological polar surface area (TPSA) is 71.8 Å². The first kappa shape index (κ1) is 18.3. The third-order valence-electron chi connectivity index (χ3n) is 4.76. The first-order valence-electron chi connectivity index (χ1n) is 9.35. The third-order valence-corrected chi connectivity index (χ3v) is 4.76. The molecule has 2 amide bonds. The zero-order chi connectivity index (χ0) is 19.7. The maximum absolute atomic E-state index is 13.1. The molecule has 3 aromatic rings. The van der Waals surface area contributed by atoms with E-state index in [0.717, 1.165) is 5.39 Å². The monoisotopic (exact) mass is 378 g/mol. The van der Waals surface area contributed by atoms with Gasteiger partial charge in [-0.3, -0.25) is 9.59 Å². The number of hydrogen-bond donors (Lipinski definition) is 1. The zero-order valence-electron chi connectivity index (χ0n) is 15.8. The van der Waals surface area contributed by atoms with Crippen molar-refractivity contribution < 1.29 is 18.7 Å². The molecule has 1 saturated heterocycles. The Balaban J connectivity index is 1.57. The molecule has 0 spiro atoms. The van der Waals surface area contributed by atoms with Crippen LogP contribution in [-0.4, -0.2) is 42.0 Å². The van der Waals surface area contributed by atoms with E-state index < -0.39 is 0 Å². The van der Waals surface area contributed by atoms with Gasteiger partial charge in [0.2, 0.25) is 0 Å². The number of amides is 2. The summed E-state index contributed by atoms with van der Waals surface area (Å²) < 4.78 is 11.3. The van der Waals surface area contributed by atoms with Gasteiger partial charge in [0.15, 0.2) is 5.76 Å². The molecule has 6 nitrogen and oxygen atoms in total. The molecule has 0 aliphatic carbocycles. The summed E-state index contributed by atoms with van der Waals surface area (Å²) in [5, 5.41) is 3.67. The van der Waals surface area contributed by atoms with Crippen molar-refractivity contribution in [3.8, 4) is 0 Å². The lowest BCUT2D eigenvalue weighted by molar-refractivity contribution is -0.0585. The number of nitrogens with zero attached hydrogens (tertiary/aromatic N) is 1. The molecule has 4 rings (SSSR count). The molecule has 0 bridgehead atoms. The van der Waals surface area contributed by atoms with Gasteiger partial charge in [0.25, 0.3) is 11.8 Å². The van der Waals surface area contributed by atoms with Crippen LogP contribution in [0.3, 0.4) is 0 Å². The van der Waals surface area contributed by atoms with Crippen molar-refractivity contribution in [3.05, 3.63) is 65.9 Å². The van der Waals surface area contributed by atoms with Crippen LogP contribution < -0.4 is 5.32 Å². The Hall–Kier alpha value is -3.12. The minimum Gasteiger partial charge on any atom is -0.451 e. The Morgan fingerprint density at radius 3 is 2.43 bits per heavy atom. The fraction of sp³-hybridized carbons (Fsp3) is 0.273. The number of furan rings is 1. The van der Waals surface area contributed by atoms with Crippen molar-refractivity contribution in [1.29, 1.82) is 0 Å². The lowest BCUT2D eigenvalue weighted by atomic mass is 10.1. The number of carbonyl (C=O) groups excluding carboxylic acids is 2. The fourth-order valence-corrected chi connectivity index (χ4v) is 3.57. The predicted molar refractivity (Wildman–Crippen MR) is 107 cm³/mol. The van der Waals surface area contributed by atoms with Gasteiger partial charge < -0.3 is 19.4 Å². The molecule has 0 saturated carbocycles. The smallest absolute Gasteiger partial charge is 0.291 e. The molecule has 1 aliphatic heterocycles. The molecule has 1 aromatic heterocycles. The largest absolute Gasteiger partial charge is 0.451 e. The van der Waals surface area contributed by atoms with E-state index in [4.69, 9.17) is 9.15 Å². The SMILES string of the molecule is C[C@@H]1CN(C(=O)c2ccccc2NC(=O)c2cc3ccccc3o2)C[C@@H](C)O1. The molecular weight excluding hydrogens is 356 g/mol. The van der Waals surface area contributed by atoms with Crippen LogP contribution in [0.2, 0.25) is 0 Å². The number of fused-ring (bicyclic) bond motifs is 1. The lowest BCUT2D eigenvalue weighted by Gasteiger charge is -2.35. The highest BCUT2D eigenvalue weighted by Crippen LogP contribution is 2.23. The second kappa shape index (κ2) is 7.48. The molecule has 0 unspecified atom stereocenters. The van der Waals surface area contributed by atoms with Crippen LogP contribution in [0.4, 0.5) is 5.69 Å². The minimum atomic E-state index is -0.389. The number of nitrogens with one attached hydrogen (secondary N) is 1. The zero-order valence-corrected chi connectivity index (χ0v) is 15.8. The summed E-state index contributed by atoms with van der Waals surface area (Å²) in [5.74, 6) is -0.306. The van der Waals surface area contributed by atoms with Crippen molar-refractivity contribution in [2.45, 2.75) is 26.1 Å². The Kier molecular flexibility index (Phi) is 4.88. The van der Waals surface area contributed by atoms with Crippen LogP contribution in [0.15, 0.2) is 59.0 Å². The normalized spacial score (nSPS) is 19.6. The molecule has 144 valence electrons. The average Bonchev–Trinajstić information content (AvgIpc) is 3.11. The molecular formula is C22H22N2O4. The number of benzene rings is 2. The van der Waals surface area contributed by atoms with Crippen molar-refractivity contribution in [1.82, 2.24) is 4.90 Å². The van der Waals surface area contributed by atoms with E-state index in [2.05, 4.69) is 5.32 Å². The Morgan fingerprint density at radius 2 is 1.68 bits per heavy atom. The molecule has 0 radical (unpaired) electrons. The summed E-state index contributed by atoms with van der Waals surface area (Å²) in [4.78, 5) is 27.5. The molecule has 1 N–H and O–H groups in total. The Bertz CT molecular complexity index is 983. The maximum atomic E-state index is 13.1. The summed E-state index contributed by atoms with van der Waals surface area (Å²) in [6.07, 6.45) is -0.0463. The van der Waals surface area contributed by atoms with E-state index >= 15 is 0 Å². The third kappa shape index (κ3) is 3.64. The van der Waals surface area contributed by atoms with E-state index in [-0.39, 0.29) is 29.8 Å². The van der Waals surface area contributed by atoms with Crippen LogP contribution in [0, 0.1) is 0 Å². The first-order chi connectivity index (χ1) is 13.5. The quantitative estimate of drug-likeness (QED) is 0.749. The van der Waals surface area contributed by atoms with Crippen molar-refractivity contribution in [3.63, 3.8) is 0 Å². The van der Waals surface area contributed by atoms with Gasteiger partial charge in [0.1, 0.15) is 5.58 Å². The number of anilines is 1. The van der Waals surface area contributed by atoms with Crippen LogP contribution in [0.5, 0.6) is 0 Å². The number of ether oxygens (including phenoxy) is 1. The Labute approximate surface area is 163 Å². The van der Waals surface area contributed by atoms with Crippen molar-refractivity contribution in [2.75, 3.05) is 18.4 Å². The highest BCUT2D eigenvalue weighted by atomic mass is 16.5. The van der Waals surface area contributed by atoms with E-state index in [1.54, 1.807) is 35.2 Å². The van der Waals surface area contributed by atoms with Gasteiger partial charge in [-0.25, -0.2) is 0 Å². The summed E-state index contributed by atoms with van der Waals surface area (Å²) in [6, 6.07) is 16.2. The van der Waals surface area contributed by atoms with E-state index in [1.165, 1.54) is 0 Å². The van der Waals surface area contributed by atoms with E-state index in [0.29, 0.717) is 29.9 Å². The highest BCUT2D eigenvalue weighted by Gasteiger charge is 2.28. The Morgan fingerprint density at radius 1 is 1.00 bits per heavy atom. The molecule has 2 atom stereocenters. The van der Waals surface area contributed by atoms with Crippen LogP contribution in [0.1, 0.15) is 34.8 Å². The molecule has 1 aliphatic rings. The van der Waals surface area contributed by atoms with E-state index in [1.807, 2.05) is 38.1 Å². The molecule has 6 heteroatoms. The molecule has 2 aromatic carbocycles. The van der Waals surface area contributed by atoms with Crippen molar-refractivity contribution in [2.24, 2.45) is 0 Å². The lowest BCUT2D eigenvalue weighted by Crippen LogP contribution is -2.48. The second-order valence-corrected chi connectivity index (χ2v) is 7.12. The van der Waals surface area contributed by atoms with Gasteiger partial charge in [0, 0.05) is 18.5 Å². The van der Waals surface area contributed by atoms with Gasteiger partial charge in [-0.05, 0) is 38.1 Å². The van der Waals surface area contributed by atoms with Crippen LogP contribution in [-0.2, 0) is 4.74 Å². The minimum absolute atomic E-state index is 0.0231. The van der Waals surface area contributed by atoms with Gasteiger partial charge in [-0.2, -0.15) is 0 Å². The summed E-state index contributed by atoms with van der Waals surface area (Å²) in [6.45, 7) is 4.94. The van der Waals surface area contributed by atoms with Crippen molar-refractivity contribution >= 4 is 28.5 Å². The fourth-order valence-electron chi connectivity index (χ4n) is 3.57. The maximum Gasteiger partial charge on any atom is 0.291 e. The van der Waals surface area contributed by atoms with Crippen LogP contribution in [0.25, 0.3) is 11.0 Å². The second-order valence-electron chi connectivity index (χ2n) is 7.12. The average molecular weight is 378 g/mol. The number of para-hydroxylation sites is 2. The van der Waals surface area contributed by atoms with Gasteiger partial charge in [-0.1, -0.05) is 30.3 Å². The number of hydrogen-bond acceptors (Lipinski definition) is 4. The summed E-state index contributed by atoms with van der Waals surface area (Å²) >= 11 is 0. The van der Waals surface area contributed by atoms with Gasteiger partial charge in [-0.15, -0.1) is 0 Å². The molecule has 1 fully saturated rings. The van der Waals surface area contributed by atoms with Crippen LogP contribution >= 0.6 is 0 Å². The standard InChI is InChI=1S/C22H22N2O4/c1-14-12-24(13-15(2)27-14)22(26)17-8-4-5-9-18(17)23-21(25)20-11-16-7-3-6-10-19(16)28-20/h3-11,14-15H,12-13H2,1-2H3,(H,23,25)/t14-,15-/m1/s1. The number of carbonyl (C=O) groups is 2. The first-order valence-corrected chi connectivity index (χ1v) is 9.35. The number of morpholine rings is 1. The highest BCUT2D eigenvalue weighted by molar-refractivity contribution is 6.09. The summed E-state index contributed by atoms with van der Waals surface area (Å²) in [5.41, 5.74) is 1.56.